The molecule has 2 aromatic carbocycles. The summed E-state index contributed by atoms with van der Waals surface area (Å²) >= 11 is 0. The average Bonchev–Trinajstić information content (AvgIpc) is 3.02. The van der Waals surface area contributed by atoms with Gasteiger partial charge in [-0.05, 0) is 43.7 Å². The molecule has 1 fully saturated rings. The Balaban J connectivity index is 2.10. The molecule has 0 aliphatic carbocycles. The van der Waals surface area contributed by atoms with Crippen LogP contribution in [0.25, 0.3) is 5.76 Å². The van der Waals surface area contributed by atoms with Crippen molar-refractivity contribution in [2.75, 3.05) is 27.4 Å². The van der Waals surface area contributed by atoms with Crippen LogP contribution in [0.1, 0.15) is 31.0 Å². The molecule has 1 amide bonds. The van der Waals surface area contributed by atoms with Gasteiger partial charge in [0.1, 0.15) is 17.3 Å². The fourth-order valence-corrected chi connectivity index (χ4v) is 3.57. The van der Waals surface area contributed by atoms with Gasteiger partial charge in [-0.3, -0.25) is 9.59 Å². The molecule has 7 heteroatoms. The first kappa shape index (κ1) is 22.4. The lowest BCUT2D eigenvalue weighted by Gasteiger charge is -2.25. The molecular weight excluding hydrogens is 398 g/mol. The highest BCUT2D eigenvalue weighted by molar-refractivity contribution is 6.46. The fraction of sp³-hybridized carbons (Fsp3) is 0.333. The Morgan fingerprint density at radius 2 is 1.77 bits per heavy atom. The highest BCUT2D eigenvalue weighted by atomic mass is 16.5. The third-order valence-corrected chi connectivity index (χ3v) is 4.99. The predicted molar refractivity (Wildman–Crippen MR) is 116 cm³/mol. The van der Waals surface area contributed by atoms with Crippen molar-refractivity contribution in [3.63, 3.8) is 0 Å². The van der Waals surface area contributed by atoms with Crippen molar-refractivity contribution < 1.29 is 28.9 Å². The number of ether oxygens (including phenoxy) is 3. The maximum Gasteiger partial charge on any atom is 0.295 e. The summed E-state index contributed by atoms with van der Waals surface area (Å²) in [5.74, 6) is -0.438. The van der Waals surface area contributed by atoms with Gasteiger partial charge in [-0.2, -0.15) is 0 Å². The number of hydrogen-bond acceptors (Lipinski definition) is 6. The van der Waals surface area contributed by atoms with E-state index < -0.39 is 17.7 Å². The first-order chi connectivity index (χ1) is 14.9. The average molecular weight is 425 g/mol. The predicted octanol–water partition coefficient (Wildman–Crippen LogP) is 3.55. The summed E-state index contributed by atoms with van der Waals surface area (Å²) < 4.78 is 16.0. The third kappa shape index (κ3) is 4.72. The van der Waals surface area contributed by atoms with Crippen molar-refractivity contribution in [3.8, 4) is 11.5 Å². The van der Waals surface area contributed by atoms with Crippen molar-refractivity contribution in [1.29, 1.82) is 0 Å². The molecule has 0 spiro atoms. The zero-order valence-corrected chi connectivity index (χ0v) is 18.1. The molecule has 7 nitrogen and oxygen atoms in total. The maximum absolute atomic E-state index is 12.9. The summed E-state index contributed by atoms with van der Waals surface area (Å²) in [6.07, 6.45) is 0.0197. The first-order valence-electron chi connectivity index (χ1n) is 10.1. The van der Waals surface area contributed by atoms with Crippen LogP contribution < -0.4 is 9.47 Å². The number of ketones is 1. The van der Waals surface area contributed by atoms with E-state index in [-0.39, 0.29) is 30.6 Å². The molecule has 1 heterocycles. The molecule has 0 aromatic heterocycles. The van der Waals surface area contributed by atoms with Crippen molar-refractivity contribution >= 4 is 17.4 Å². The number of Topliss-reactive ketones (excluding diaryl/α,β-unsaturated/α-hetero) is 1. The molecule has 0 bridgehead atoms. The molecule has 1 N–H and O–H groups in total. The summed E-state index contributed by atoms with van der Waals surface area (Å²) in [5, 5.41) is 11.0. The molecule has 1 unspecified atom stereocenters. The molecule has 2 aromatic rings. The van der Waals surface area contributed by atoms with Gasteiger partial charge >= 0.3 is 0 Å². The molecule has 0 radical (unpaired) electrons. The van der Waals surface area contributed by atoms with E-state index in [1.54, 1.807) is 48.5 Å². The Morgan fingerprint density at radius 3 is 2.39 bits per heavy atom. The smallest absolute Gasteiger partial charge is 0.295 e. The van der Waals surface area contributed by atoms with Crippen molar-refractivity contribution in [2.45, 2.75) is 26.0 Å². The summed E-state index contributed by atoms with van der Waals surface area (Å²) in [6, 6.07) is 13.2. The molecule has 0 saturated carbocycles. The van der Waals surface area contributed by atoms with Crippen LogP contribution in [0, 0.1) is 0 Å². The fourth-order valence-electron chi connectivity index (χ4n) is 3.57. The number of carbonyl (C=O) groups is 2. The number of likely N-dealkylation sites (tertiary alicyclic amines) is 1. The molecule has 1 aliphatic rings. The van der Waals surface area contributed by atoms with E-state index in [0.717, 1.165) is 0 Å². The highest BCUT2D eigenvalue weighted by Gasteiger charge is 2.45. The van der Waals surface area contributed by atoms with Crippen molar-refractivity contribution in [1.82, 2.24) is 4.90 Å². The van der Waals surface area contributed by atoms with Crippen LogP contribution in [0.4, 0.5) is 0 Å². The number of methoxy groups -OCH3 is 2. The van der Waals surface area contributed by atoms with Crippen molar-refractivity contribution in [3.05, 3.63) is 65.2 Å². The lowest BCUT2D eigenvalue weighted by atomic mass is 9.95. The second-order valence-electron chi connectivity index (χ2n) is 7.45. The summed E-state index contributed by atoms with van der Waals surface area (Å²) in [6.45, 7) is 4.34. The zero-order chi connectivity index (χ0) is 22.5. The van der Waals surface area contributed by atoms with Gasteiger partial charge in [0.25, 0.3) is 11.7 Å². The van der Waals surface area contributed by atoms with Crippen LogP contribution in [0.3, 0.4) is 0 Å². The second kappa shape index (κ2) is 9.66. The number of hydrogen-bond donors (Lipinski definition) is 1. The molecular formula is C24H27NO6. The molecule has 1 saturated heterocycles. The second-order valence-corrected chi connectivity index (χ2v) is 7.45. The third-order valence-electron chi connectivity index (χ3n) is 4.99. The monoisotopic (exact) mass is 425 g/mol. The maximum atomic E-state index is 12.9. The van der Waals surface area contributed by atoms with Crippen LogP contribution in [0.5, 0.6) is 11.5 Å². The summed E-state index contributed by atoms with van der Waals surface area (Å²) in [5.41, 5.74) is 1.12. The Labute approximate surface area is 181 Å². The first-order valence-corrected chi connectivity index (χ1v) is 10.1. The Bertz CT molecular complexity index is 980. The van der Waals surface area contributed by atoms with E-state index in [2.05, 4.69) is 0 Å². The molecule has 3 rings (SSSR count). The van der Waals surface area contributed by atoms with Gasteiger partial charge in [-0.25, -0.2) is 0 Å². The number of carbonyl (C=O) groups excluding carboxylic acids is 2. The van der Waals surface area contributed by atoms with E-state index in [1.165, 1.54) is 19.1 Å². The number of rotatable bonds is 8. The summed E-state index contributed by atoms with van der Waals surface area (Å²) in [4.78, 5) is 27.2. The minimum Gasteiger partial charge on any atom is -0.507 e. The van der Waals surface area contributed by atoms with Gasteiger partial charge in [0, 0.05) is 19.2 Å². The Hall–Kier alpha value is -3.32. The van der Waals surface area contributed by atoms with Gasteiger partial charge in [0.2, 0.25) is 0 Å². The summed E-state index contributed by atoms with van der Waals surface area (Å²) in [7, 11) is 3.05. The van der Waals surface area contributed by atoms with E-state index in [1.807, 2.05) is 13.8 Å². The van der Waals surface area contributed by atoms with Gasteiger partial charge in [-0.15, -0.1) is 0 Å². The zero-order valence-electron chi connectivity index (χ0n) is 18.1. The van der Waals surface area contributed by atoms with Gasteiger partial charge in [0.15, 0.2) is 0 Å². The highest BCUT2D eigenvalue weighted by Crippen LogP contribution is 2.40. The number of aliphatic hydroxyl groups is 1. The lowest BCUT2D eigenvalue weighted by Crippen LogP contribution is -2.32. The van der Waals surface area contributed by atoms with Crippen LogP contribution in [-0.4, -0.2) is 55.2 Å². The van der Waals surface area contributed by atoms with E-state index in [4.69, 9.17) is 14.2 Å². The standard InChI is InChI=1S/C24H27NO6/c1-15(2)31-18-10-8-16(9-11-18)21-20(23(27)24(28)25(21)12-13-29-3)22(26)17-6-5-7-19(14-17)30-4/h5-11,14-15,21,26H,12-13H2,1-4H3/b22-20-. The van der Waals surface area contributed by atoms with E-state index in [0.29, 0.717) is 22.6 Å². The van der Waals surface area contributed by atoms with Crippen LogP contribution in [-0.2, 0) is 14.3 Å². The molecule has 31 heavy (non-hydrogen) atoms. The molecule has 1 aliphatic heterocycles. The van der Waals surface area contributed by atoms with Gasteiger partial charge < -0.3 is 24.2 Å². The minimum atomic E-state index is -0.741. The Kier molecular flexibility index (Phi) is 6.97. The normalized spacial score (nSPS) is 18.0. The lowest BCUT2D eigenvalue weighted by molar-refractivity contribution is -0.140. The molecule has 1 atom stereocenters. The van der Waals surface area contributed by atoms with E-state index in [9.17, 15) is 14.7 Å². The quantitative estimate of drug-likeness (QED) is 0.396. The van der Waals surface area contributed by atoms with Crippen LogP contribution in [0.15, 0.2) is 54.1 Å². The number of aliphatic hydroxyl groups excluding tert-OH is 1. The van der Waals surface area contributed by atoms with Crippen LogP contribution in [0.2, 0.25) is 0 Å². The van der Waals surface area contributed by atoms with Gasteiger partial charge in [-0.1, -0.05) is 24.3 Å². The molecule has 164 valence electrons. The largest absolute Gasteiger partial charge is 0.507 e. The Morgan fingerprint density at radius 1 is 1.06 bits per heavy atom. The van der Waals surface area contributed by atoms with Crippen LogP contribution >= 0.6 is 0 Å². The number of nitrogens with zero attached hydrogens (tertiary/aromatic N) is 1. The van der Waals surface area contributed by atoms with E-state index >= 15 is 0 Å². The number of amides is 1. The minimum absolute atomic E-state index is 0.0197. The van der Waals surface area contributed by atoms with Gasteiger partial charge in [0.05, 0.1) is 31.4 Å². The van der Waals surface area contributed by atoms with Crippen molar-refractivity contribution in [2.24, 2.45) is 0 Å². The SMILES string of the molecule is COCCN1C(=O)C(=O)/C(=C(\O)c2cccc(OC)c2)C1c1ccc(OC(C)C)cc1. The number of benzene rings is 2. The topological polar surface area (TPSA) is 85.3 Å².